The predicted molar refractivity (Wildman–Crippen MR) is 96.7 cm³/mol. The zero-order chi connectivity index (χ0) is 22.9. The number of amides is 1. The van der Waals surface area contributed by atoms with Crippen molar-refractivity contribution in [2.24, 2.45) is 0 Å². The molecule has 2 aromatic carbocycles. The monoisotopic (exact) mass is 453 g/mol. The molecule has 162 valence electrons. The van der Waals surface area contributed by atoms with Crippen molar-refractivity contribution in [3.8, 4) is 0 Å². The number of aromatic carboxylic acids is 1. The Morgan fingerprint density at radius 2 is 1.70 bits per heavy atom. The van der Waals surface area contributed by atoms with E-state index in [1.54, 1.807) is 0 Å². The molecule has 0 saturated heterocycles. The summed E-state index contributed by atoms with van der Waals surface area (Å²) in [5.74, 6) is -4.96. The highest BCUT2D eigenvalue weighted by molar-refractivity contribution is 6.33. The molecule has 0 aliphatic heterocycles. The second-order valence-electron chi connectivity index (χ2n) is 6.34. The van der Waals surface area contributed by atoms with Gasteiger partial charge in [0.05, 0.1) is 22.1 Å². The number of hydrogen-bond donors (Lipinski definition) is 1. The Hall–Kier alpha value is -2.75. The molecule has 4 nitrogen and oxygen atoms in total. The van der Waals surface area contributed by atoms with Crippen LogP contribution in [0.3, 0.4) is 0 Å². The van der Waals surface area contributed by atoms with E-state index in [1.165, 1.54) is 6.07 Å². The van der Waals surface area contributed by atoms with Crippen LogP contribution in [0.2, 0.25) is 5.02 Å². The predicted octanol–water partition coefficient (Wildman–Crippen LogP) is 5.76. The lowest BCUT2D eigenvalue weighted by Crippen LogP contribution is -2.32. The Balaban J connectivity index is 2.35. The summed E-state index contributed by atoms with van der Waals surface area (Å²) in [7, 11) is 1.12. The van der Waals surface area contributed by atoms with Crippen molar-refractivity contribution in [1.29, 1.82) is 0 Å². The summed E-state index contributed by atoms with van der Waals surface area (Å²) in [5.41, 5.74) is -2.37. The minimum atomic E-state index is -4.99. The Bertz CT molecular complexity index is 958. The van der Waals surface area contributed by atoms with Gasteiger partial charge in [-0.25, -0.2) is 4.79 Å². The van der Waals surface area contributed by atoms with E-state index in [-0.39, 0.29) is 16.3 Å². The second-order valence-corrected chi connectivity index (χ2v) is 6.75. The van der Waals surface area contributed by atoms with Crippen LogP contribution in [0.5, 0.6) is 0 Å². The van der Waals surface area contributed by atoms with Gasteiger partial charge < -0.3 is 10.0 Å². The van der Waals surface area contributed by atoms with Gasteiger partial charge >= 0.3 is 18.3 Å². The van der Waals surface area contributed by atoms with E-state index in [0.717, 1.165) is 36.2 Å². The summed E-state index contributed by atoms with van der Waals surface area (Å²) < 4.78 is 79.2. The number of rotatable bonds is 5. The fourth-order valence-corrected chi connectivity index (χ4v) is 2.89. The summed E-state index contributed by atoms with van der Waals surface area (Å²) in [5, 5.41) is 8.94. The van der Waals surface area contributed by atoms with Crippen LogP contribution >= 0.6 is 11.6 Å². The minimum absolute atomic E-state index is 0.0354. The fourth-order valence-electron chi connectivity index (χ4n) is 2.70. The highest BCUT2D eigenvalue weighted by Crippen LogP contribution is 2.40. The molecular formula is C19H14ClF6NO3. The van der Waals surface area contributed by atoms with Gasteiger partial charge in [0.2, 0.25) is 5.91 Å². The van der Waals surface area contributed by atoms with E-state index in [1.807, 2.05) is 0 Å². The van der Waals surface area contributed by atoms with Crippen LogP contribution in [0.25, 0.3) is 0 Å². The molecule has 0 spiro atoms. The van der Waals surface area contributed by atoms with Gasteiger partial charge in [-0.1, -0.05) is 29.8 Å². The molecule has 2 rings (SSSR count). The maximum Gasteiger partial charge on any atom is 0.416 e. The molecule has 1 atom stereocenters. The van der Waals surface area contributed by atoms with Gasteiger partial charge in [0.15, 0.2) is 0 Å². The molecule has 1 unspecified atom stereocenters. The smallest absolute Gasteiger partial charge is 0.416 e. The Labute approximate surface area is 171 Å². The standard InChI is InChI=1S/C19H14ClF6NO3/c1-27(12-5-6-15(20)13(8-12)17(29)30)16(28)9-14(19(24,25)26)10-3-2-4-11(7-10)18(21,22)23/h2-8,14H,9H2,1H3,(H,29,30). The quantitative estimate of drug-likeness (QED) is 0.586. The maximum atomic E-state index is 13.5. The first-order valence-corrected chi connectivity index (χ1v) is 8.63. The van der Waals surface area contributed by atoms with Crippen molar-refractivity contribution in [1.82, 2.24) is 0 Å². The van der Waals surface area contributed by atoms with Crippen LogP contribution in [-0.2, 0) is 11.0 Å². The maximum absolute atomic E-state index is 13.5. The molecule has 0 aromatic heterocycles. The first kappa shape index (κ1) is 23.5. The van der Waals surface area contributed by atoms with Gasteiger partial charge in [0.25, 0.3) is 0 Å². The largest absolute Gasteiger partial charge is 0.478 e. The highest BCUT2D eigenvalue weighted by Gasteiger charge is 2.43. The van der Waals surface area contributed by atoms with E-state index in [4.69, 9.17) is 16.7 Å². The average Bonchev–Trinajstić information content (AvgIpc) is 2.64. The summed E-state index contributed by atoms with van der Waals surface area (Å²) in [6.45, 7) is 0. The second kappa shape index (κ2) is 8.55. The lowest BCUT2D eigenvalue weighted by atomic mass is 9.93. The van der Waals surface area contributed by atoms with Crippen molar-refractivity contribution in [2.75, 3.05) is 11.9 Å². The van der Waals surface area contributed by atoms with Crippen LogP contribution in [0.15, 0.2) is 42.5 Å². The first-order valence-electron chi connectivity index (χ1n) is 8.25. The third-order valence-electron chi connectivity index (χ3n) is 4.33. The third kappa shape index (κ3) is 5.44. The summed E-state index contributed by atoms with van der Waals surface area (Å²) >= 11 is 5.73. The van der Waals surface area contributed by atoms with Gasteiger partial charge in [0, 0.05) is 19.2 Å². The van der Waals surface area contributed by atoms with E-state index < -0.39 is 47.7 Å². The molecule has 0 aliphatic rings. The van der Waals surface area contributed by atoms with Gasteiger partial charge in [-0.15, -0.1) is 0 Å². The van der Waals surface area contributed by atoms with Crippen LogP contribution in [0, 0.1) is 0 Å². The van der Waals surface area contributed by atoms with Gasteiger partial charge in [-0.2, -0.15) is 26.3 Å². The topological polar surface area (TPSA) is 57.6 Å². The Kier molecular flexibility index (Phi) is 6.70. The first-order chi connectivity index (χ1) is 13.7. The number of carbonyl (C=O) groups excluding carboxylic acids is 1. The lowest BCUT2D eigenvalue weighted by Gasteiger charge is -2.24. The van der Waals surface area contributed by atoms with Crippen molar-refractivity contribution >= 4 is 29.2 Å². The van der Waals surface area contributed by atoms with Crippen LogP contribution in [0.4, 0.5) is 32.0 Å². The number of carboxylic acid groups (broad SMARTS) is 1. The lowest BCUT2D eigenvalue weighted by molar-refractivity contribution is -0.157. The van der Waals surface area contributed by atoms with Crippen LogP contribution < -0.4 is 4.90 Å². The molecule has 0 heterocycles. The normalized spacial score (nSPS) is 13.1. The highest BCUT2D eigenvalue weighted by atomic mass is 35.5. The number of anilines is 1. The number of carbonyl (C=O) groups is 2. The van der Waals surface area contributed by atoms with E-state index in [9.17, 15) is 35.9 Å². The Morgan fingerprint density at radius 3 is 2.23 bits per heavy atom. The van der Waals surface area contributed by atoms with Crippen molar-refractivity contribution in [2.45, 2.75) is 24.7 Å². The molecule has 0 saturated carbocycles. The van der Waals surface area contributed by atoms with Crippen LogP contribution in [-0.4, -0.2) is 30.2 Å². The Morgan fingerprint density at radius 1 is 1.07 bits per heavy atom. The molecule has 11 heteroatoms. The van der Waals surface area contributed by atoms with E-state index >= 15 is 0 Å². The molecule has 0 aliphatic carbocycles. The zero-order valence-electron chi connectivity index (χ0n) is 15.2. The number of hydrogen-bond acceptors (Lipinski definition) is 2. The molecule has 2 aromatic rings. The molecule has 0 bridgehead atoms. The molecule has 1 N–H and O–H groups in total. The molecule has 30 heavy (non-hydrogen) atoms. The molecule has 1 amide bonds. The number of alkyl halides is 6. The average molecular weight is 454 g/mol. The SMILES string of the molecule is CN(C(=O)CC(c1cccc(C(F)(F)F)c1)C(F)(F)F)c1ccc(Cl)c(C(=O)O)c1. The fraction of sp³-hybridized carbons (Fsp3) is 0.263. The zero-order valence-corrected chi connectivity index (χ0v) is 15.9. The van der Waals surface area contributed by atoms with E-state index in [0.29, 0.717) is 12.1 Å². The van der Waals surface area contributed by atoms with Crippen LogP contribution in [0.1, 0.15) is 33.8 Å². The summed E-state index contributed by atoms with van der Waals surface area (Å²) in [6, 6.07) is 6.10. The number of nitrogens with zero attached hydrogens (tertiary/aromatic N) is 1. The van der Waals surface area contributed by atoms with Crippen molar-refractivity contribution in [3.05, 3.63) is 64.2 Å². The van der Waals surface area contributed by atoms with Gasteiger partial charge in [0.1, 0.15) is 0 Å². The van der Waals surface area contributed by atoms with Crippen molar-refractivity contribution < 1.29 is 41.0 Å². The molecule has 0 fully saturated rings. The minimum Gasteiger partial charge on any atom is -0.478 e. The van der Waals surface area contributed by atoms with Crippen molar-refractivity contribution in [3.63, 3.8) is 0 Å². The van der Waals surface area contributed by atoms with Gasteiger partial charge in [-0.05, 0) is 29.8 Å². The van der Waals surface area contributed by atoms with E-state index in [2.05, 4.69) is 0 Å². The molecule has 0 radical (unpaired) electrons. The number of halogens is 7. The van der Waals surface area contributed by atoms with Gasteiger partial charge in [-0.3, -0.25) is 4.79 Å². The summed E-state index contributed by atoms with van der Waals surface area (Å²) in [6.07, 6.45) is -11.0. The number of benzene rings is 2. The molecular weight excluding hydrogens is 440 g/mol. The number of carboxylic acids is 1. The third-order valence-corrected chi connectivity index (χ3v) is 4.66. The summed E-state index contributed by atoms with van der Waals surface area (Å²) in [4.78, 5) is 24.4.